The monoisotopic (exact) mass is 351 g/mol. The van der Waals surface area contributed by atoms with Gasteiger partial charge in [-0.1, -0.05) is 45.4 Å². The molecule has 0 aromatic carbocycles. The predicted molar refractivity (Wildman–Crippen MR) is 91.7 cm³/mol. The molecule has 1 atom stereocenters. The third-order valence-electron chi connectivity index (χ3n) is 3.98. The second-order valence-corrected chi connectivity index (χ2v) is 5.85. The van der Waals surface area contributed by atoms with Gasteiger partial charge < -0.3 is 5.32 Å². The average Bonchev–Trinajstić information content (AvgIpc) is 2.57. The molecule has 146 valence electrons. The number of rotatable bonds is 18. The Labute approximate surface area is 147 Å². The number of unbranched alkanes of at least 4 members (excludes halogenated alkanes) is 5. The van der Waals surface area contributed by atoms with E-state index in [-0.39, 0.29) is 5.92 Å². The van der Waals surface area contributed by atoms with Gasteiger partial charge >= 0.3 is 5.97 Å². The van der Waals surface area contributed by atoms with Crippen LogP contribution in [0, 0.1) is 5.92 Å². The van der Waals surface area contributed by atoms with E-state index in [1.54, 1.807) is 0 Å². The lowest BCUT2D eigenvalue weighted by Crippen LogP contribution is -2.46. The second-order valence-electron chi connectivity index (χ2n) is 5.85. The summed E-state index contributed by atoms with van der Waals surface area (Å²) in [4.78, 5) is 30.4. The highest BCUT2D eigenvalue weighted by molar-refractivity contribution is 4.70. The van der Waals surface area contributed by atoms with Crippen molar-refractivity contribution in [3.8, 4) is 0 Å². The van der Waals surface area contributed by atoms with Gasteiger partial charge in [0.2, 0.25) is 0 Å². The first-order valence-electron chi connectivity index (χ1n) is 9.00. The summed E-state index contributed by atoms with van der Waals surface area (Å²) < 4.78 is 0. The molecule has 0 aliphatic heterocycles. The molecule has 0 saturated heterocycles. The summed E-state index contributed by atoms with van der Waals surface area (Å²) in [5.74, 6) is -1.62. The highest BCUT2D eigenvalue weighted by Gasteiger charge is 2.46. The maximum atomic E-state index is 5.28. The van der Waals surface area contributed by atoms with Crippen molar-refractivity contribution in [2.75, 3.05) is 34.9 Å². The third kappa shape index (κ3) is 9.88. The highest BCUT2D eigenvalue weighted by Crippen LogP contribution is 2.34. The van der Waals surface area contributed by atoms with Crippen LogP contribution in [-0.2, 0) is 29.3 Å². The Kier molecular flexibility index (Phi) is 16.0. The predicted octanol–water partition coefficient (Wildman–Crippen LogP) is 3.74. The molecule has 0 bridgehead atoms. The van der Waals surface area contributed by atoms with E-state index in [9.17, 15) is 0 Å². The molecule has 1 N–H and O–H groups in total. The van der Waals surface area contributed by atoms with Gasteiger partial charge in [0.25, 0.3) is 0 Å². The lowest BCUT2D eigenvalue weighted by atomic mass is 9.93. The molecule has 0 heterocycles. The van der Waals surface area contributed by atoms with Crippen LogP contribution >= 0.6 is 0 Å². The summed E-state index contributed by atoms with van der Waals surface area (Å²) in [5, 5.41) is 3.14. The molecule has 0 aliphatic carbocycles. The molecular weight excluding hydrogens is 314 g/mol. The molecule has 0 aromatic rings. The first-order chi connectivity index (χ1) is 11.7. The Morgan fingerprint density at radius 1 is 0.750 bits per heavy atom. The molecule has 0 spiro atoms. The summed E-state index contributed by atoms with van der Waals surface area (Å²) >= 11 is 0. The standard InChI is InChI=1S/C17H37NO6/c1-6-7-8-9-10-11-13-16(14-12-15-18-2)17(22-19-3,23-20-4)24-21-5/h16,18H,6-15H2,1-5H3. The van der Waals surface area contributed by atoms with Crippen LogP contribution in [-0.4, -0.2) is 40.9 Å². The first kappa shape index (κ1) is 23.7. The van der Waals surface area contributed by atoms with E-state index in [1.807, 2.05) is 7.05 Å². The zero-order valence-electron chi connectivity index (χ0n) is 16.1. The smallest absolute Gasteiger partial charge is 0.320 e. The molecule has 0 aromatic heterocycles. The third-order valence-corrected chi connectivity index (χ3v) is 3.98. The molecule has 7 nitrogen and oxygen atoms in total. The molecule has 0 fully saturated rings. The van der Waals surface area contributed by atoms with Crippen molar-refractivity contribution < 1.29 is 29.3 Å². The fourth-order valence-corrected chi connectivity index (χ4v) is 2.79. The van der Waals surface area contributed by atoms with Crippen molar-refractivity contribution in [1.29, 1.82) is 0 Å². The molecule has 24 heavy (non-hydrogen) atoms. The Bertz CT molecular complexity index is 250. The fourth-order valence-electron chi connectivity index (χ4n) is 2.79. The lowest BCUT2D eigenvalue weighted by molar-refractivity contribution is -0.635. The van der Waals surface area contributed by atoms with Crippen LogP contribution in [0.5, 0.6) is 0 Å². The van der Waals surface area contributed by atoms with Crippen molar-refractivity contribution >= 4 is 0 Å². The van der Waals surface area contributed by atoms with Gasteiger partial charge in [-0.3, -0.25) is 0 Å². The van der Waals surface area contributed by atoms with Crippen LogP contribution in [0.3, 0.4) is 0 Å². The molecular formula is C17H37NO6. The van der Waals surface area contributed by atoms with E-state index >= 15 is 0 Å². The summed E-state index contributed by atoms with van der Waals surface area (Å²) in [6, 6.07) is 0. The number of hydrogen-bond acceptors (Lipinski definition) is 7. The minimum absolute atomic E-state index is 0.0862. The maximum Gasteiger partial charge on any atom is 0.368 e. The Hall–Kier alpha value is -0.280. The molecule has 0 amide bonds. The molecule has 0 rings (SSSR count). The topological polar surface area (TPSA) is 67.4 Å². The van der Waals surface area contributed by atoms with Crippen LogP contribution in [0.1, 0.15) is 64.7 Å². The zero-order valence-corrected chi connectivity index (χ0v) is 16.1. The van der Waals surface area contributed by atoms with Gasteiger partial charge in [-0.2, -0.15) is 14.7 Å². The summed E-state index contributed by atoms with van der Waals surface area (Å²) in [5.41, 5.74) is 0. The van der Waals surface area contributed by atoms with Crippen LogP contribution in [0.2, 0.25) is 0 Å². The van der Waals surface area contributed by atoms with Crippen LogP contribution < -0.4 is 5.32 Å². The van der Waals surface area contributed by atoms with Gasteiger partial charge in [0.1, 0.15) is 0 Å². The van der Waals surface area contributed by atoms with E-state index in [0.29, 0.717) is 0 Å². The molecule has 1 unspecified atom stereocenters. The van der Waals surface area contributed by atoms with Gasteiger partial charge in [0.05, 0.1) is 21.3 Å². The van der Waals surface area contributed by atoms with Gasteiger partial charge in [0, 0.05) is 5.92 Å². The van der Waals surface area contributed by atoms with Crippen LogP contribution in [0.25, 0.3) is 0 Å². The van der Waals surface area contributed by atoms with Crippen molar-refractivity contribution in [3.05, 3.63) is 0 Å². The average molecular weight is 351 g/mol. The quantitative estimate of drug-likeness (QED) is 0.175. The van der Waals surface area contributed by atoms with E-state index in [0.717, 1.165) is 32.2 Å². The maximum absolute atomic E-state index is 5.28. The largest absolute Gasteiger partial charge is 0.368 e. The lowest BCUT2D eigenvalue weighted by Gasteiger charge is -2.34. The normalized spacial score (nSPS) is 13.4. The molecule has 0 saturated carbocycles. The fraction of sp³-hybridized carbons (Fsp3) is 1.00. The molecule has 7 heteroatoms. The Balaban J connectivity index is 4.74. The van der Waals surface area contributed by atoms with E-state index in [1.165, 1.54) is 53.4 Å². The van der Waals surface area contributed by atoms with E-state index in [2.05, 4.69) is 12.2 Å². The van der Waals surface area contributed by atoms with Gasteiger partial charge in [0.15, 0.2) is 0 Å². The van der Waals surface area contributed by atoms with Gasteiger partial charge in [-0.25, -0.2) is 14.7 Å². The van der Waals surface area contributed by atoms with Crippen molar-refractivity contribution in [1.82, 2.24) is 5.32 Å². The minimum Gasteiger partial charge on any atom is -0.320 e. The summed E-state index contributed by atoms with van der Waals surface area (Å²) in [6.07, 6.45) is 9.94. The van der Waals surface area contributed by atoms with Crippen molar-refractivity contribution in [2.24, 2.45) is 5.92 Å². The zero-order chi connectivity index (χ0) is 18.1. The molecule has 0 aliphatic rings. The minimum atomic E-state index is -1.53. The van der Waals surface area contributed by atoms with E-state index < -0.39 is 5.97 Å². The van der Waals surface area contributed by atoms with Crippen molar-refractivity contribution in [2.45, 2.75) is 70.7 Å². The van der Waals surface area contributed by atoms with Gasteiger partial charge in [-0.15, -0.1) is 0 Å². The molecule has 0 radical (unpaired) electrons. The Morgan fingerprint density at radius 2 is 1.25 bits per heavy atom. The first-order valence-corrected chi connectivity index (χ1v) is 9.00. The van der Waals surface area contributed by atoms with Gasteiger partial charge in [-0.05, 0) is 32.9 Å². The number of nitrogens with one attached hydrogen (secondary N) is 1. The summed E-state index contributed by atoms with van der Waals surface area (Å²) in [7, 11) is 6.14. The Morgan fingerprint density at radius 3 is 1.75 bits per heavy atom. The summed E-state index contributed by atoms with van der Waals surface area (Å²) in [6.45, 7) is 3.12. The second kappa shape index (κ2) is 16.2. The van der Waals surface area contributed by atoms with E-state index in [4.69, 9.17) is 29.3 Å². The number of hydrogen-bond donors (Lipinski definition) is 1. The van der Waals surface area contributed by atoms with Crippen LogP contribution in [0.4, 0.5) is 0 Å². The highest BCUT2D eigenvalue weighted by atomic mass is 17.4. The SMILES string of the molecule is CCCCCCCCC(CCCNC)C(OOC)(OOC)OOC. The van der Waals surface area contributed by atoms with Crippen molar-refractivity contribution in [3.63, 3.8) is 0 Å². The van der Waals surface area contributed by atoms with Crippen LogP contribution in [0.15, 0.2) is 0 Å².